The Balaban J connectivity index is 0.000000349. The monoisotopic (exact) mass is 617 g/mol. The van der Waals surface area contributed by atoms with Gasteiger partial charge < -0.3 is 20.4 Å². The molecule has 0 radical (unpaired) electrons. The van der Waals surface area contributed by atoms with Crippen LogP contribution < -0.4 is 10.2 Å². The van der Waals surface area contributed by atoms with Gasteiger partial charge >= 0.3 is 24.3 Å². The Morgan fingerprint density at radius 2 is 1.63 bits per heavy atom. The van der Waals surface area contributed by atoms with Crippen LogP contribution in [0, 0.1) is 5.92 Å². The summed E-state index contributed by atoms with van der Waals surface area (Å²) in [6.45, 7) is 5.43. The van der Waals surface area contributed by atoms with E-state index in [1.54, 1.807) is 6.20 Å². The number of carboxylic acids is 2. The molecule has 41 heavy (non-hydrogen) atoms. The number of rotatable bonds is 5. The third-order valence-corrected chi connectivity index (χ3v) is 5.97. The van der Waals surface area contributed by atoms with Crippen molar-refractivity contribution in [1.29, 1.82) is 0 Å². The summed E-state index contributed by atoms with van der Waals surface area (Å²) in [5.41, 5.74) is 0.919. The highest BCUT2D eigenvalue weighted by molar-refractivity contribution is 6.32. The zero-order valence-corrected chi connectivity index (χ0v) is 22.0. The zero-order chi connectivity index (χ0) is 30.8. The lowest BCUT2D eigenvalue weighted by molar-refractivity contribution is -0.193. The van der Waals surface area contributed by atoms with Crippen LogP contribution >= 0.6 is 11.6 Å². The van der Waals surface area contributed by atoms with E-state index >= 15 is 0 Å². The lowest BCUT2D eigenvalue weighted by Crippen LogP contribution is -2.47. The molecule has 3 N–H and O–H groups in total. The van der Waals surface area contributed by atoms with Gasteiger partial charge in [0.15, 0.2) is 0 Å². The summed E-state index contributed by atoms with van der Waals surface area (Å²) in [6, 6.07) is 3.75. The number of carboxylic acid groups (broad SMARTS) is 2. The molecule has 12 nitrogen and oxygen atoms in total. The van der Waals surface area contributed by atoms with Gasteiger partial charge in [-0.15, -0.1) is 5.10 Å². The number of aromatic nitrogens is 4. The van der Waals surface area contributed by atoms with Crippen molar-refractivity contribution in [1.82, 2.24) is 30.2 Å². The number of halogens is 7. The average Bonchev–Trinajstić information content (AvgIpc) is 3.31. The molecule has 0 spiro atoms. The number of nitrogens with one attached hydrogen (secondary N) is 1. The second-order valence-corrected chi connectivity index (χ2v) is 9.24. The summed E-state index contributed by atoms with van der Waals surface area (Å²) in [4.78, 5) is 38.0. The van der Waals surface area contributed by atoms with Crippen molar-refractivity contribution in [2.75, 3.05) is 37.6 Å². The molecule has 0 aromatic carbocycles. The highest BCUT2D eigenvalue weighted by atomic mass is 35.5. The van der Waals surface area contributed by atoms with Gasteiger partial charge in [0.1, 0.15) is 5.82 Å². The summed E-state index contributed by atoms with van der Waals surface area (Å²) < 4.78 is 65.4. The molecule has 0 atom stereocenters. The molecule has 2 aromatic heterocycles. The average molecular weight is 618 g/mol. The summed E-state index contributed by atoms with van der Waals surface area (Å²) in [5, 5.41) is 26.4. The normalized spacial score (nSPS) is 16.6. The van der Waals surface area contributed by atoms with E-state index in [-0.39, 0.29) is 5.91 Å². The quantitative estimate of drug-likeness (QED) is 0.426. The van der Waals surface area contributed by atoms with Gasteiger partial charge in [0, 0.05) is 51.7 Å². The Labute approximate surface area is 233 Å². The minimum Gasteiger partial charge on any atom is -0.475 e. The molecule has 4 heterocycles. The number of carbonyl (C=O) groups is 3. The maximum absolute atomic E-state index is 11.5. The van der Waals surface area contributed by atoms with Crippen molar-refractivity contribution in [3.63, 3.8) is 0 Å². The molecule has 1 amide bonds. The van der Waals surface area contributed by atoms with Gasteiger partial charge in [0.2, 0.25) is 5.91 Å². The fourth-order valence-corrected chi connectivity index (χ4v) is 4.00. The fraction of sp³-hybridized carbons (Fsp3) is 0.545. The van der Waals surface area contributed by atoms with E-state index in [1.165, 1.54) is 0 Å². The summed E-state index contributed by atoms with van der Waals surface area (Å²) >= 11 is 6.26. The minimum absolute atomic E-state index is 0.0772. The third kappa shape index (κ3) is 11.8. The van der Waals surface area contributed by atoms with Gasteiger partial charge in [0.25, 0.3) is 0 Å². The first kappa shape index (κ1) is 33.5. The number of hydrogen-bond donors (Lipinski definition) is 3. The van der Waals surface area contributed by atoms with Crippen molar-refractivity contribution in [3.05, 3.63) is 35.2 Å². The zero-order valence-electron chi connectivity index (χ0n) is 21.2. The van der Waals surface area contributed by atoms with Crippen molar-refractivity contribution >= 4 is 35.3 Å². The maximum atomic E-state index is 11.5. The minimum atomic E-state index is -5.08. The first-order valence-electron chi connectivity index (χ1n) is 11.9. The smallest absolute Gasteiger partial charge is 0.475 e. The van der Waals surface area contributed by atoms with E-state index < -0.39 is 24.3 Å². The Kier molecular flexibility index (Phi) is 12.1. The van der Waals surface area contributed by atoms with Gasteiger partial charge in [-0.1, -0.05) is 16.8 Å². The molecule has 0 bridgehead atoms. The molecule has 228 valence electrons. The molecular formula is C22H26ClF6N7O5. The SMILES string of the molecule is O=C(O)C(F)(F)F.O=C(O)C(F)(F)F.O=C1CN(Cc2cn(CC3CCN(c4ncccc4Cl)CC3)nn2)CCN1. The largest absolute Gasteiger partial charge is 0.490 e. The van der Waals surface area contributed by atoms with Crippen LogP contribution in [-0.4, -0.2) is 98.0 Å². The Morgan fingerprint density at radius 3 is 2.15 bits per heavy atom. The molecule has 19 heteroatoms. The number of aliphatic carboxylic acids is 2. The summed E-state index contributed by atoms with van der Waals surface area (Å²) in [5.74, 6) is -3.99. The number of carbonyl (C=O) groups excluding carboxylic acids is 1. The standard InChI is InChI=1S/C18H24ClN7O.2C2HF3O2/c19-16-2-1-5-21-18(16)25-7-3-14(4-8-25)10-26-12-15(22-23-26)11-24-9-6-20-17(27)13-24;2*3-2(4,5)1(6)7/h1-2,5,12,14H,3-4,6-11,13H2,(H,20,27);2*(H,6,7). The number of hydrogen-bond acceptors (Lipinski definition) is 8. The van der Waals surface area contributed by atoms with Crippen molar-refractivity contribution in [3.8, 4) is 0 Å². The van der Waals surface area contributed by atoms with Crippen molar-refractivity contribution in [2.24, 2.45) is 5.92 Å². The molecule has 2 aliphatic rings. The molecule has 0 saturated carbocycles. The van der Waals surface area contributed by atoms with Crippen LogP contribution in [0.25, 0.3) is 0 Å². The highest BCUT2D eigenvalue weighted by Gasteiger charge is 2.38. The van der Waals surface area contributed by atoms with Crippen LogP contribution in [0.1, 0.15) is 18.5 Å². The van der Waals surface area contributed by atoms with Gasteiger partial charge in [0.05, 0.1) is 17.3 Å². The van der Waals surface area contributed by atoms with Gasteiger partial charge in [-0.05, 0) is 30.9 Å². The van der Waals surface area contributed by atoms with Crippen molar-refractivity contribution in [2.45, 2.75) is 38.3 Å². The van der Waals surface area contributed by atoms with E-state index in [9.17, 15) is 31.1 Å². The van der Waals surface area contributed by atoms with Gasteiger partial charge in [-0.25, -0.2) is 14.6 Å². The van der Waals surface area contributed by atoms with Crippen LogP contribution in [-0.2, 0) is 27.5 Å². The molecule has 0 unspecified atom stereocenters. The van der Waals surface area contributed by atoms with Gasteiger partial charge in [-0.2, -0.15) is 26.3 Å². The highest BCUT2D eigenvalue weighted by Crippen LogP contribution is 2.27. The molecular weight excluding hydrogens is 592 g/mol. The number of piperazine rings is 1. The third-order valence-electron chi connectivity index (χ3n) is 5.67. The first-order valence-corrected chi connectivity index (χ1v) is 12.3. The second kappa shape index (κ2) is 14.8. The Hall–Kier alpha value is -3.67. The molecule has 0 aliphatic carbocycles. The van der Waals surface area contributed by atoms with Crippen molar-refractivity contribution < 1.29 is 50.9 Å². The Morgan fingerprint density at radius 1 is 1.05 bits per heavy atom. The van der Waals surface area contributed by atoms with Crippen LogP contribution in [0.2, 0.25) is 5.02 Å². The fourth-order valence-electron chi connectivity index (χ4n) is 3.76. The second-order valence-electron chi connectivity index (χ2n) is 8.84. The predicted molar refractivity (Wildman–Crippen MR) is 130 cm³/mol. The molecule has 2 aliphatic heterocycles. The lowest BCUT2D eigenvalue weighted by Gasteiger charge is -2.33. The first-order chi connectivity index (χ1) is 19.1. The number of pyridine rings is 1. The maximum Gasteiger partial charge on any atom is 0.490 e. The molecule has 2 fully saturated rings. The lowest BCUT2D eigenvalue weighted by atomic mass is 9.97. The van der Waals surface area contributed by atoms with E-state index in [0.29, 0.717) is 30.6 Å². The summed E-state index contributed by atoms with van der Waals surface area (Å²) in [6.07, 6.45) is -4.21. The number of amides is 1. The Bertz CT molecular complexity index is 1150. The van der Waals surface area contributed by atoms with Gasteiger partial charge in [-0.3, -0.25) is 14.4 Å². The molecule has 4 rings (SSSR count). The summed E-state index contributed by atoms with van der Waals surface area (Å²) in [7, 11) is 0. The van der Waals surface area contributed by atoms with Crippen LogP contribution in [0.5, 0.6) is 0 Å². The van der Waals surface area contributed by atoms with Crippen LogP contribution in [0.15, 0.2) is 24.5 Å². The number of nitrogens with zero attached hydrogens (tertiary/aromatic N) is 6. The number of anilines is 1. The van der Waals surface area contributed by atoms with E-state index in [4.69, 9.17) is 31.4 Å². The predicted octanol–water partition coefficient (Wildman–Crippen LogP) is 2.44. The molecule has 2 aromatic rings. The topological polar surface area (TPSA) is 154 Å². The van der Waals surface area contributed by atoms with E-state index in [0.717, 1.165) is 50.5 Å². The van der Waals surface area contributed by atoms with E-state index in [2.05, 4.69) is 30.4 Å². The van der Waals surface area contributed by atoms with Crippen LogP contribution in [0.3, 0.4) is 0 Å². The number of piperidine rings is 1. The van der Waals surface area contributed by atoms with Crippen LogP contribution in [0.4, 0.5) is 32.2 Å². The number of alkyl halides is 6. The van der Waals surface area contributed by atoms with E-state index in [1.807, 2.05) is 23.0 Å². The molecule has 2 saturated heterocycles.